The second-order valence-corrected chi connectivity index (χ2v) is 8.17. The van der Waals surface area contributed by atoms with Crippen LogP contribution in [0.1, 0.15) is 25.2 Å². The molecule has 0 saturated carbocycles. The van der Waals surface area contributed by atoms with Crippen LogP contribution >= 0.6 is 0 Å². The third-order valence-corrected chi connectivity index (χ3v) is 5.45. The molecule has 4 rings (SSSR count). The summed E-state index contributed by atoms with van der Waals surface area (Å²) >= 11 is 0. The van der Waals surface area contributed by atoms with E-state index in [9.17, 15) is 0 Å². The van der Waals surface area contributed by atoms with Gasteiger partial charge in [-0.3, -0.25) is 10.6 Å². The third-order valence-electron chi connectivity index (χ3n) is 5.45. The van der Waals surface area contributed by atoms with E-state index in [1.165, 1.54) is 0 Å². The van der Waals surface area contributed by atoms with Crippen LogP contribution in [0.25, 0.3) is 0 Å². The Bertz CT molecular complexity index is 1100. The van der Waals surface area contributed by atoms with Crippen molar-refractivity contribution in [3.8, 4) is 0 Å². The Labute approximate surface area is 193 Å². The summed E-state index contributed by atoms with van der Waals surface area (Å²) in [5.41, 5.74) is 9.97. The molecule has 2 aliphatic rings. The number of hydrogen-bond acceptors (Lipinski definition) is 10. The zero-order chi connectivity index (χ0) is 23.5. The Kier molecular flexibility index (Phi) is 6.24. The first-order valence-electron chi connectivity index (χ1n) is 10.9. The van der Waals surface area contributed by atoms with Crippen LogP contribution in [0, 0.1) is 6.92 Å². The van der Waals surface area contributed by atoms with Crippen molar-refractivity contribution in [3.63, 3.8) is 0 Å². The van der Waals surface area contributed by atoms with E-state index in [1.54, 1.807) is 0 Å². The van der Waals surface area contributed by atoms with Crippen LogP contribution in [0.3, 0.4) is 0 Å². The number of nitrogens with one attached hydrogen (secondary N) is 5. The average Bonchev–Trinajstić information content (AvgIpc) is 3.39. The van der Waals surface area contributed by atoms with Gasteiger partial charge in [0, 0.05) is 50.8 Å². The van der Waals surface area contributed by atoms with Crippen molar-refractivity contribution in [2.75, 3.05) is 30.9 Å². The number of nitrogens with two attached hydrogens (primary N) is 1. The average molecular weight is 453 g/mol. The van der Waals surface area contributed by atoms with Crippen molar-refractivity contribution in [1.29, 1.82) is 0 Å². The van der Waals surface area contributed by atoms with Crippen molar-refractivity contribution >= 4 is 35.2 Å². The minimum absolute atomic E-state index is 0.168. The monoisotopic (exact) mass is 452 g/mol. The first kappa shape index (κ1) is 22.2. The Balaban J connectivity index is 1.33. The number of hydrogen-bond donors (Lipinski definition) is 6. The molecule has 33 heavy (non-hydrogen) atoms. The highest BCUT2D eigenvalue weighted by Crippen LogP contribution is 2.17. The maximum atomic E-state index is 5.84. The van der Waals surface area contributed by atoms with E-state index in [2.05, 4.69) is 56.9 Å². The Morgan fingerprint density at radius 3 is 2.52 bits per heavy atom. The highest BCUT2D eigenvalue weighted by atomic mass is 15.4. The maximum Gasteiger partial charge on any atom is 0.207 e. The number of aryl methyl sites for hydroxylation is 1. The second-order valence-electron chi connectivity index (χ2n) is 8.17. The Morgan fingerprint density at radius 1 is 1.03 bits per heavy atom. The molecule has 0 spiro atoms. The van der Waals surface area contributed by atoms with Gasteiger partial charge in [0.25, 0.3) is 0 Å². The molecule has 0 amide bonds. The van der Waals surface area contributed by atoms with Crippen molar-refractivity contribution < 1.29 is 0 Å². The van der Waals surface area contributed by atoms with Gasteiger partial charge < -0.3 is 30.8 Å². The molecule has 2 aliphatic heterocycles. The molecule has 0 saturated heterocycles. The quantitative estimate of drug-likeness (QED) is 0.398. The molecule has 0 aromatic carbocycles. The summed E-state index contributed by atoms with van der Waals surface area (Å²) in [6, 6.07) is 4.09. The lowest BCUT2D eigenvalue weighted by molar-refractivity contribution is 0.484. The third kappa shape index (κ3) is 5.27. The van der Waals surface area contributed by atoms with Crippen LogP contribution < -0.4 is 26.6 Å². The first-order chi connectivity index (χ1) is 15.8. The zero-order valence-corrected chi connectivity index (χ0v) is 19.6. The topological polar surface area (TPSA) is 150 Å². The lowest BCUT2D eigenvalue weighted by Gasteiger charge is -2.27. The summed E-state index contributed by atoms with van der Waals surface area (Å²) in [6.07, 6.45) is 4.30. The fraction of sp³-hybridized carbons (Fsp3) is 0.429. The van der Waals surface area contributed by atoms with Crippen LogP contribution in [0.5, 0.6) is 0 Å². The molecule has 12 heteroatoms. The molecule has 0 bridgehead atoms. The minimum Gasteiger partial charge on any atom is -0.370 e. The number of nitrogens with zero attached hydrogens (tertiary/aromatic N) is 6. The van der Waals surface area contributed by atoms with E-state index in [4.69, 9.17) is 5.73 Å². The molecular formula is C21H32N12. The second kappa shape index (κ2) is 9.27. The summed E-state index contributed by atoms with van der Waals surface area (Å²) in [4.78, 5) is 28.4. The molecule has 2 unspecified atom stereocenters. The maximum absolute atomic E-state index is 5.84. The number of rotatable bonds is 5. The van der Waals surface area contributed by atoms with Crippen molar-refractivity contribution in [2.45, 2.75) is 39.5 Å². The van der Waals surface area contributed by atoms with Gasteiger partial charge in [-0.05, 0) is 32.9 Å². The molecular weight excluding hydrogens is 420 g/mol. The predicted octanol–water partition coefficient (Wildman–Crippen LogP) is 0.955. The number of aromatic amines is 2. The molecule has 0 aliphatic carbocycles. The van der Waals surface area contributed by atoms with Crippen LogP contribution in [-0.2, 0) is 6.42 Å². The number of aliphatic imine (C=N–C) groups is 4. The van der Waals surface area contributed by atoms with E-state index in [0.29, 0.717) is 17.9 Å². The number of guanidine groups is 4. The molecule has 2 atom stereocenters. The van der Waals surface area contributed by atoms with Crippen molar-refractivity contribution in [2.24, 2.45) is 25.7 Å². The molecule has 12 nitrogen and oxygen atoms in total. The lowest BCUT2D eigenvalue weighted by atomic mass is 10.3. The van der Waals surface area contributed by atoms with Crippen LogP contribution in [-0.4, -0.2) is 71.7 Å². The van der Waals surface area contributed by atoms with Gasteiger partial charge in [0.15, 0.2) is 5.96 Å². The zero-order valence-electron chi connectivity index (χ0n) is 19.6. The molecule has 7 N–H and O–H groups in total. The number of aromatic nitrogens is 2. The largest absolute Gasteiger partial charge is 0.370 e. The first-order valence-corrected chi connectivity index (χ1v) is 10.9. The SMILES string of the molecule is Cc1[nH]ccc1NC1=NC(C)N=C(N(C)CCc2cc(N(C)C3=NC(C)N=C(N)N3)c[nH]2)N1. The van der Waals surface area contributed by atoms with E-state index in [-0.39, 0.29) is 12.3 Å². The highest BCUT2D eigenvalue weighted by Gasteiger charge is 2.19. The van der Waals surface area contributed by atoms with Gasteiger partial charge in [-0.15, -0.1) is 0 Å². The van der Waals surface area contributed by atoms with Gasteiger partial charge in [0.2, 0.25) is 17.9 Å². The minimum atomic E-state index is -0.203. The van der Waals surface area contributed by atoms with Crippen LogP contribution in [0.4, 0.5) is 11.4 Å². The van der Waals surface area contributed by atoms with Gasteiger partial charge in [-0.2, -0.15) is 0 Å². The summed E-state index contributed by atoms with van der Waals surface area (Å²) in [5.74, 6) is 2.51. The summed E-state index contributed by atoms with van der Waals surface area (Å²) < 4.78 is 0. The van der Waals surface area contributed by atoms with E-state index < -0.39 is 0 Å². The molecule has 0 radical (unpaired) electrons. The van der Waals surface area contributed by atoms with Gasteiger partial charge >= 0.3 is 0 Å². The fourth-order valence-corrected chi connectivity index (χ4v) is 3.58. The predicted molar refractivity (Wildman–Crippen MR) is 134 cm³/mol. The van der Waals surface area contributed by atoms with E-state index in [0.717, 1.165) is 41.7 Å². The van der Waals surface area contributed by atoms with Gasteiger partial charge in [-0.1, -0.05) is 0 Å². The Morgan fingerprint density at radius 2 is 1.79 bits per heavy atom. The number of anilines is 2. The summed E-state index contributed by atoms with van der Waals surface area (Å²) in [7, 11) is 3.96. The molecule has 4 heterocycles. The van der Waals surface area contributed by atoms with Crippen molar-refractivity contribution in [3.05, 3.63) is 35.9 Å². The van der Waals surface area contributed by atoms with Crippen molar-refractivity contribution in [1.82, 2.24) is 25.5 Å². The molecule has 0 fully saturated rings. The van der Waals surface area contributed by atoms with E-state index >= 15 is 0 Å². The fourth-order valence-electron chi connectivity index (χ4n) is 3.58. The molecule has 176 valence electrons. The smallest absolute Gasteiger partial charge is 0.207 e. The Hall–Kier alpha value is -3.96. The lowest BCUT2D eigenvalue weighted by Crippen LogP contribution is -2.48. The summed E-state index contributed by atoms with van der Waals surface area (Å²) in [5, 5.41) is 9.63. The van der Waals surface area contributed by atoms with Gasteiger partial charge in [-0.25, -0.2) is 20.0 Å². The normalized spacial score (nSPS) is 20.0. The summed E-state index contributed by atoms with van der Waals surface area (Å²) in [6.45, 7) is 6.65. The van der Waals surface area contributed by atoms with Crippen LogP contribution in [0.15, 0.2) is 44.5 Å². The number of H-pyrrole nitrogens is 2. The highest BCUT2D eigenvalue weighted by molar-refractivity contribution is 6.07. The van der Waals surface area contributed by atoms with Gasteiger partial charge in [0.1, 0.15) is 12.3 Å². The molecule has 2 aromatic rings. The van der Waals surface area contributed by atoms with E-state index in [1.807, 2.05) is 58.2 Å². The molecule has 2 aromatic heterocycles. The number of likely N-dealkylation sites (N-methyl/N-ethyl adjacent to an activating group) is 1. The van der Waals surface area contributed by atoms with Crippen LogP contribution in [0.2, 0.25) is 0 Å². The standard InChI is InChI=1S/C21H32N12/c1-12-17(6-8-23-12)29-19-26-14(3)27-20(31-19)32(4)9-7-15-10-16(11-24-15)33(5)21-28-13(2)25-18(22)30-21/h6,8,10-11,13-14,23-24H,7,9H2,1-5H3,(H3,22,25,28,30)(H2,26,27,29,31). The van der Waals surface area contributed by atoms with Gasteiger partial charge in [0.05, 0.1) is 11.4 Å².